The van der Waals surface area contributed by atoms with E-state index >= 15 is 0 Å². The highest BCUT2D eigenvalue weighted by molar-refractivity contribution is 7.22. The topological polar surface area (TPSA) is 64.0 Å². The van der Waals surface area contributed by atoms with Gasteiger partial charge in [0.1, 0.15) is 11.6 Å². The van der Waals surface area contributed by atoms with Crippen molar-refractivity contribution in [3.8, 4) is 6.01 Å². The number of aromatic nitrogens is 4. The number of pyridine rings is 1. The van der Waals surface area contributed by atoms with E-state index in [-0.39, 0.29) is 6.10 Å². The average molecular weight is 341 g/mol. The van der Waals surface area contributed by atoms with Gasteiger partial charge in [0.25, 0.3) is 0 Å². The molecule has 0 bridgehead atoms. The summed E-state index contributed by atoms with van der Waals surface area (Å²) in [4.78, 5) is 19.7. The number of piperidine rings is 1. The molecule has 0 amide bonds. The molecule has 0 radical (unpaired) electrons. The van der Waals surface area contributed by atoms with Crippen LogP contribution in [0.4, 0.5) is 5.13 Å². The predicted molar refractivity (Wildman–Crippen MR) is 94.7 cm³/mol. The summed E-state index contributed by atoms with van der Waals surface area (Å²) in [5.74, 6) is 0. The Morgan fingerprint density at radius 3 is 2.71 bits per heavy atom. The fraction of sp³-hybridized carbons (Fsp3) is 0.412. The maximum Gasteiger partial charge on any atom is 0.316 e. The first-order valence-electron chi connectivity index (χ1n) is 8.25. The van der Waals surface area contributed by atoms with Crippen LogP contribution in [0.5, 0.6) is 6.01 Å². The van der Waals surface area contributed by atoms with E-state index in [9.17, 15) is 0 Å². The van der Waals surface area contributed by atoms with Gasteiger partial charge in [-0.2, -0.15) is 0 Å². The Kier molecular flexibility index (Phi) is 4.25. The van der Waals surface area contributed by atoms with E-state index in [0.717, 1.165) is 48.6 Å². The van der Waals surface area contributed by atoms with Crippen molar-refractivity contribution in [3.05, 3.63) is 36.4 Å². The van der Waals surface area contributed by atoms with Crippen molar-refractivity contribution in [3.63, 3.8) is 0 Å². The molecule has 4 rings (SSSR count). The van der Waals surface area contributed by atoms with E-state index in [0.29, 0.717) is 6.01 Å². The molecule has 0 atom stereocenters. The highest BCUT2D eigenvalue weighted by Crippen LogP contribution is 2.30. The molecule has 1 fully saturated rings. The Morgan fingerprint density at radius 1 is 1.21 bits per heavy atom. The Labute approximate surface area is 144 Å². The second-order valence-electron chi connectivity index (χ2n) is 5.87. The van der Waals surface area contributed by atoms with Crippen LogP contribution in [0.15, 0.2) is 30.9 Å². The second kappa shape index (κ2) is 6.68. The molecule has 1 saturated heterocycles. The molecule has 3 aromatic rings. The smallest absolute Gasteiger partial charge is 0.316 e. The van der Waals surface area contributed by atoms with Gasteiger partial charge in [0.15, 0.2) is 5.13 Å². The molecule has 0 aliphatic carbocycles. The number of ether oxygens (including phenoxy) is 1. The minimum absolute atomic E-state index is 0.171. The maximum absolute atomic E-state index is 5.92. The van der Waals surface area contributed by atoms with Gasteiger partial charge in [0.2, 0.25) is 0 Å². The highest BCUT2D eigenvalue weighted by atomic mass is 32.1. The molecule has 4 heterocycles. The Hall–Kier alpha value is -2.28. The number of hydrogen-bond acceptors (Lipinski definition) is 7. The molecule has 0 unspecified atom stereocenters. The zero-order valence-corrected chi connectivity index (χ0v) is 14.4. The van der Waals surface area contributed by atoms with E-state index in [2.05, 4.69) is 31.8 Å². The third-order valence-corrected chi connectivity index (χ3v) is 5.35. The number of rotatable bonds is 4. The third kappa shape index (κ3) is 3.17. The summed E-state index contributed by atoms with van der Waals surface area (Å²) in [5.41, 5.74) is 2.10. The molecule has 3 aromatic heterocycles. The fourth-order valence-corrected chi connectivity index (χ4v) is 3.79. The molecule has 0 saturated carbocycles. The van der Waals surface area contributed by atoms with Crippen LogP contribution >= 0.6 is 11.3 Å². The van der Waals surface area contributed by atoms with Crippen LogP contribution in [-0.2, 0) is 6.42 Å². The van der Waals surface area contributed by atoms with Gasteiger partial charge in [-0.1, -0.05) is 18.3 Å². The number of aryl methyl sites for hydroxylation is 1. The van der Waals surface area contributed by atoms with Crippen molar-refractivity contribution in [1.82, 2.24) is 19.9 Å². The van der Waals surface area contributed by atoms with Crippen molar-refractivity contribution in [1.29, 1.82) is 0 Å². The van der Waals surface area contributed by atoms with Crippen molar-refractivity contribution in [2.45, 2.75) is 32.3 Å². The van der Waals surface area contributed by atoms with E-state index < -0.39 is 0 Å². The minimum atomic E-state index is 0.171. The molecule has 7 heteroatoms. The summed E-state index contributed by atoms with van der Waals surface area (Å²) in [5, 5.41) is 1.07. The van der Waals surface area contributed by atoms with Crippen molar-refractivity contribution in [2.75, 3.05) is 18.0 Å². The van der Waals surface area contributed by atoms with Crippen LogP contribution in [0.2, 0.25) is 0 Å². The van der Waals surface area contributed by atoms with Crippen molar-refractivity contribution < 1.29 is 4.74 Å². The van der Waals surface area contributed by atoms with Crippen LogP contribution < -0.4 is 9.64 Å². The Balaban J connectivity index is 1.37. The van der Waals surface area contributed by atoms with Crippen molar-refractivity contribution in [2.24, 2.45) is 0 Å². The number of hydrogen-bond donors (Lipinski definition) is 0. The molecule has 124 valence electrons. The minimum Gasteiger partial charge on any atom is -0.460 e. The summed E-state index contributed by atoms with van der Waals surface area (Å²) in [6, 6.07) is 2.50. The standard InChI is InChI=1S/C17H19N5OS/c1-2-12-9-19-16(20-10-12)23-13-4-7-22(8-5-13)17-21-14-11-18-6-3-15(14)24-17/h3,6,9-11,13H,2,4-5,7-8H2,1H3. The second-order valence-corrected chi connectivity index (χ2v) is 6.88. The summed E-state index contributed by atoms with van der Waals surface area (Å²) in [6.45, 7) is 3.96. The molecule has 24 heavy (non-hydrogen) atoms. The first kappa shape index (κ1) is 15.3. The summed E-state index contributed by atoms with van der Waals surface area (Å²) >= 11 is 1.72. The lowest BCUT2D eigenvalue weighted by molar-refractivity contribution is 0.156. The van der Waals surface area contributed by atoms with Crippen LogP contribution in [0.25, 0.3) is 10.2 Å². The van der Waals surface area contributed by atoms with Crippen LogP contribution in [-0.4, -0.2) is 39.1 Å². The van der Waals surface area contributed by atoms with Gasteiger partial charge >= 0.3 is 6.01 Å². The molecular weight excluding hydrogens is 322 g/mol. The summed E-state index contributed by atoms with van der Waals surface area (Å²) in [7, 11) is 0. The molecule has 6 nitrogen and oxygen atoms in total. The van der Waals surface area contributed by atoms with Crippen LogP contribution in [0, 0.1) is 0 Å². The van der Waals surface area contributed by atoms with Gasteiger partial charge < -0.3 is 9.64 Å². The van der Waals surface area contributed by atoms with E-state index in [1.807, 2.05) is 30.9 Å². The maximum atomic E-state index is 5.92. The first-order valence-corrected chi connectivity index (χ1v) is 9.06. The van der Waals surface area contributed by atoms with Crippen LogP contribution in [0.3, 0.4) is 0 Å². The molecule has 0 N–H and O–H groups in total. The van der Waals surface area contributed by atoms with Gasteiger partial charge in [-0.15, -0.1) is 0 Å². The molecule has 0 spiro atoms. The van der Waals surface area contributed by atoms with Gasteiger partial charge in [-0.3, -0.25) is 4.98 Å². The van der Waals surface area contributed by atoms with Gasteiger partial charge in [-0.05, 0) is 18.1 Å². The fourth-order valence-electron chi connectivity index (χ4n) is 2.80. The first-order chi connectivity index (χ1) is 11.8. The van der Waals surface area contributed by atoms with E-state index in [1.165, 1.54) is 4.70 Å². The lowest BCUT2D eigenvalue weighted by Gasteiger charge is -2.31. The quantitative estimate of drug-likeness (QED) is 0.726. The summed E-state index contributed by atoms with van der Waals surface area (Å²) in [6.07, 6.45) is 10.3. The van der Waals surface area contributed by atoms with E-state index in [4.69, 9.17) is 4.74 Å². The van der Waals surface area contributed by atoms with Gasteiger partial charge in [0, 0.05) is 44.5 Å². The predicted octanol–water partition coefficient (Wildman–Crippen LogP) is 3.09. The van der Waals surface area contributed by atoms with Crippen LogP contribution in [0.1, 0.15) is 25.3 Å². The highest BCUT2D eigenvalue weighted by Gasteiger charge is 2.23. The third-order valence-electron chi connectivity index (χ3n) is 4.25. The normalized spacial score (nSPS) is 15.8. The average Bonchev–Trinajstić information content (AvgIpc) is 3.07. The lowest BCUT2D eigenvalue weighted by atomic mass is 10.1. The number of thiazole rings is 1. The summed E-state index contributed by atoms with van der Waals surface area (Å²) < 4.78 is 7.11. The number of fused-ring (bicyclic) bond motifs is 1. The molecule has 1 aliphatic heterocycles. The zero-order valence-electron chi connectivity index (χ0n) is 13.6. The zero-order chi connectivity index (χ0) is 16.4. The van der Waals surface area contributed by atoms with Gasteiger partial charge in [0.05, 0.1) is 10.9 Å². The van der Waals surface area contributed by atoms with Crippen molar-refractivity contribution >= 4 is 26.7 Å². The molecular formula is C17H19N5OS. The molecule has 1 aliphatic rings. The lowest BCUT2D eigenvalue weighted by Crippen LogP contribution is -2.38. The van der Waals surface area contributed by atoms with E-state index in [1.54, 1.807) is 11.3 Å². The largest absolute Gasteiger partial charge is 0.460 e. The monoisotopic (exact) mass is 341 g/mol. The SMILES string of the molecule is CCc1cnc(OC2CCN(c3nc4cnccc4s3)CC2)nc1. The molecule has 0 aromatic carbocycles. The number of nitrogens with zero attached hydrogens (tertiary/aromatic N) is 5. The Morgan fingerprint density at radius 2 is 2.00 bits per heavy atom. The van der Waals surface area contributed by atoms with Gasteiger partial charge in [-0.25, -0.2) is 15.0 Å². The number of anilines is 1. The Bertz CT molecular complexity index is 778.